The van der Waals surface area contributed by atoms with Crippen molar-refractivity contribution in [3.63, 3.8) is 0 Å². The van der Waals surface area contributed by atoms with Crippen LogP contribution >= 0.6 is 0 Å². The van der Waals surface area contributed by atoms with Crippen LogP contribution in [0.4, 0.5) is 10.1 Å². The number of anilines is 1. The second kappa shape index (κ2) is 10.4. The van der Waals surface area contributed by atoms with E-state index in [2.05, 4.69) is 26.3 Å². The van der Waals surface area contributed by atoms with Crippen molar-refractivity contribution in [2.24, 2.45) is 0 Å². The first-order valence-electron chi connectivity index (χ1n) is 10.8. The number of sulfonamides is 1. The molecule has 0 unspecified atom stereocenters. The molecule has 180 valence electrons. The number of ether oxygens (including phenoxy) is 1. The Bertz CT molecular complexity index is 1590. The SMILES string of the molecule is COC(=O)c1cc(C)c(C#Cc2cc(F)ccc2NS(=O)(=O)c2ccc(-c3ccccc3)cc2)cn1. The van der Waals surface area contributed by atoms with E-state index in [9.17, 15) is 17.6 Å². The summed E-state index contributed by atoms with van der Waals surface area (Å²) in [7, 11) is -2.70. The molecular formula is C28H21FN2O4S. The molecule has 0 aliphatic carbocycles. The molecule has 0 saturated heterocycles. The third-order valence-electron chi connectivity index (χ3n) is 5.33. The first-order valence-corrected chi connectivity index (χ1v) is 12.3. The first kappa shape index (κ1) is 24.6. The fraction of sp³-hybridized carbons (Fsp3) is 0.0714. The van der Waals surface area contributed by atoms with Crippen molar-refractivity contribution in [2.75, 3.05) is 11.8 Å². The standard InChI is InChI=1S/C28H21FN2O4S/c1-19-16-27(28(32)35-2)30-18-23(19)9-8-22-17-24(29)12-15-26(22)31-36(33,34)25-13-10-21(11-14-25)20-6-4-3-5-7-20/h3-7,10-18,31H,1-2H3. The molecule has 0 saturated carbocycles. The molecule has 4 aromatic rings. The van der Waals surface area contributed by atoms with Crippen molar-refractivity contribution in [3.8, 4) is 23.0 Å². The van der Waals surface area contributed by atoms with Crippen LogP contribution in [-0.4, -0.2) is 26.5 Å². The van der Waals surface area contributed by atoms with Gasteiger partial charge in [0.1, 0.15) is 11.5 Å². The highest BCUT2D eigenvalue weighted by Crippen LogP contribution is 2.24. The smallest absolute Gasteiger partial charge is 0.356 e. The molecule has 0 radical (unpaired) electrons. The van der Waals surface area contributed by atoms with Crippen molar-refractivity contribution in [1.29, 1.82) is 0 Å². The maximum absolute atomic E-state index is 14.0. The molecule has 6 nitrogen and oxygen atoms in total. The van der Waals surface area contributed by atoms with Crippen LogP contribution in [0.15, 0.2) is 90.0 Å². The quantitative estimate of drug-likeness (QED) is 0.301. The van der Waals surface area contributed by atoms with Crippen molar-refractivity contribution < 1.29 is 22.3 Å². The summed E-state index contributed by atoms with van der Waals surface area (Å²) in [5.41, 5.74) is 3.42. The largest absolute Gasteiger partial charge is 0.464 e. The first-order chi connectivity index (χ1) is 17.3. The van der Waals surface area contributed by atoms with Crippen molar-refractivity contribution in [2.45, 2.75) is 11.8 Å². The molecule has 0 spiro atoms. The van der Waals surface area contributed by atoms with Crippen molar-refractivity contribution in [3.05, 3.63) is 113 Å². The monoisotopic (exact) mass is 500 g/mol. The van der Waals surface area contributed by atoms with Gasteiger partial charge in [0.2, 0.25) is 0 Å². The number of hydrogen-bond acceptors (Lipinski definition) is 5. The van der Waals surface area contributed by atoms with E-state index in [0.717, 1.165) is 23.3 Å². The minimum atomic E-state index is -3.96. The van der Waals surface area contributed by atoms with Gasteiger partial charge in [-0.3, -0.25) is 4.72 Å². The molecule has 0 aliphatic heterocycles. The van der Waals surface area contributed by atoms with E-state index in [4.69, 9.17) is 0 Å². The lowest BCUT2D eigenvalue weighted by molar-refractivity contribution is 0.0594. The van der Waals surface area contributed by atoms with Gasteiger partial charge < -0.3 is 4.74 Å². The highest BCUT2D eigenvalue weighted by atomic mass is 32.2. The number of halogens is 1. The summed E-state index contributed by atoms with van der Waals surface area (Å²) in [6.07, 6.45) is 1.41. The van der Waals surface area contributed by atoms with E-state index in [1.54, 1.807) is 19.1 Å². The van der Waals surface area contributed by atoms with Crippen LogP contribution in [-0.2, 0) is 14.8 Å². The molecule has 0 atom stereocenters. The fourth-order valence-corrected chi connectivity index (χ4v) is 4.49. The Morgan fingerprint density at radius 3 is 2.25 bits per heavy atom. The van der Waals surface area contributed by atoms with Crippen LogP contribution in [0.3, 0.4) is 0 Å². The molecule has 0 fully saturated rings. The number of benzene rings is 3. The zero-order valence-electron chi connectivity index (χ0n) is 19.4. The minimum Gasteiger partial charge on any atom is -0.464 e. The number of methoxy groups -OCH3 is 1. The van der Waals surface area contributed by atoms with Crippen LogP contribution in [0, 0.1) is 24.6 Å². The van der Waals surface area contributed by atoms with Crippen LogP contribution in [0.25, 0.3) is 11.1 Å². The molecule has 4 rings (SSSR count). The number of aryl methyl sites for hydroxylation is 1. The van der Waals surface area contributed by atoms with E-state index in [-0.39, 0.29) is 21.8 Å². The number of pyridine rings is 1. The van der Waals surface area contributed by atoms with Gasteiger partial charge in [0.25, 0.3) is 10.0 Å². The van der Waals surface area contributed by atoms with Gasteiger partial charge in [-0.05, 0) is 60.0 Å². The highest BCUT2D eigenvalue weighted by Gasteiger charge is 2.16. The summed E-state index contributed by atoms with van der Waals surface area (Å²) in [6.45, 7) is 1.74. The number of carbonyl (C=O) groups is 1. The lowest BCUT2D eigenvalue weighted by atomic mass is 10.1. The number of carbonyl (C=O) groups excluding carboxylic acids is 1. The Kier molecular flexibility index (Phi) is 7.13. The second-order valence-electron chi connectivity index (χ2n) is 7.81. The molecule has 0 aliphatic rings. The number of esters is 1. The van der Waals surface area contributed by atoms with E-state index >= 15 is 0 Å². The molecule has 1 heterocycles. The van der Waals surface area contributed by atoms with Gasteiger partial charge in [0.15, 0.2) is 0 Å². The minimum absolute atomic E-state index is 0.0591. The predicted octanol–water partition coefficient (Wildman–Crippen LogP) is 5.18. The third-order valence-corrected chi connectivity index (χ3v) is 6.72. The zero-order valence-corrected chi connectivity index (χ0v) is 20.3. The van der Waals surface area contributed by atoms with Gasteiger partial charge in [0, 0.05) is 11.8 Å². The number of aromatic nitrogens is 1. The Morgan fingerprint density at radius 1 is 0.917 bits per heavy atom. The van der Waals surface area contributed by atoms with Crippen molar-refractivity contribution >= 4 is 21.7 Å². The average molecular weight is 501 g/mol. The van der Waals surface area contributed by atoms with Gasteiger partial charge in [-0.2, -0.15) is 0 Å². The van der Waals surface area contributed by atoms with Crippen LogP contribution in [0.2, 0.25) is 0 Å². The maximum Gasteiger partial charge on any atom is 0.356 e. The topological polar surface area (TPSA) is 85.4 Å². The molecular weight excluding hydrogens is 479 g/mol. The number of nitrogens with one attached hydrogen (secondary N) is 1. The van der Waals surface area contributed by atoms with Crippen molar-refractivity contribution in [1.82, 2.24) is 4.98 Å². The normalized spacial score (nSPS) is 10.8. The second-order valence-corrected chi connectivity index (χ2v) is 9.49. The van der Waals surface area contributed by atoms with E-state index in [1.807, 2.05) is 30.3 Å². The molecule has 0 bridgehead atoms. The fourth-order valence-electron chi connectivity index (χ4n) is 3.41. The van der Waals surface area contributed by atoms with Crippen LogP contribution < -0.4 is 4.72 Å². The Hall–Kier alpha value is -4.48. The molecule has 0 amide bonds. The third kappa shape index (κ3) is 5.59. The molecule has 36 heavy (non-hydrogen) atoms. The number of rotatable bonds is 5. The highest BCUT2D eigenvalue weighted by molar-refractivity contribution is 7.92. The Morgan fingerprint density at radius 2 is 1.58 bits per heavy atom. The molecule has 3 aromatic carbocycles. The van der Waals surface area contributed by atoms with E-state index in [0.29, 0.717) is 11.1 Å². The van der Waals surface area contributed by atoms with Gasteiger partial charge in [-0.25, -0.2) is 22.6 Å². The summed E-state index contributed by atoms with van der Waals surface area (Å²) in [5.74, 6) is 4.53. The number of hydrogen-bond donors (Lipinski definition) is 1. The Labute approximate surface area is 208 Å². The summed E-state index contributed by atoms with van der Waals surface area (Å²) < 4.78 is 47.2. The van der Waals surface area contributed by atoms with Gasteiger partial charge in [-0.15, -0.1) is 0 Å². The molecule has 1 N–H and O–H groups in total. The average Bonchev–Trinajstić information content (AvgIpc) is 2.89. The van der Waals surface area contributed by atoms with E-state index in [1.165, 1.54) is 37.6 Å². The lowest BCUT2D eigenvalue weighted by Gasteiger charge is -2.11. The lowest BCUT2D eigenvalue weighted by Crippen LogP contribution is -2.14. The molecule has 8 heteroatoms. The number of nitrogens with zero attached hydrogens (tertiary/aromatic N) is 1. The van der Waals surface area contributed by atoms with Crippen LogP contribution in [0.5, 0.6) is 0 Å². The summed E-state index contributed by atoms with van der Waals surface area (Å²) in [4.78, 5) is 15.7. The zero-order chi connectivity index (χ0) is 25.7. The predicted molar refractivity (Wildman–Crippen MR) is 135 cm³/mol. The summed E-state index contributed by atoms with van der Waals surface area (Å²) >= 11 is 0. The molecule has 1 aromatic heterocycles. The van der Waals surface area contributed by atoms with E-state index < -0.39 is 21.8 Å². The van der Waals surface area contributed by atoms with Crippen LogP contribution in [0.1, 0.15) is 27.2 Å². The van der Waals surface area contributed by atoms with Gasteiger partial charge in [0.05, 0.1) is 23.3 Å². The summed E-state index contributed by atoms with van der Waals surface area (Å²) in [6, 6.07) is 21.2. The summed E-state index contributed by atoms with van der Waals surface area (Å²) in [5, 5.41) is 0. The van der Waals surface area contributed by atoms with Gasteiger partial charge in [-0.1, -0.05) is 54.3 Å². The Balaban J connectivity index is 1.61. The van der Waals surface area contributed by atoms with Gasteiger partial charge >= 0.3 is 5.97 Å². The maximum atomic E-state index is 14.0.